The van der Waals surface area contributed by atoms with Gasteiger partial charge in [-0.15, -0.1) is 11.6 Å². The van der Waals surface area contributed by atoms with Crippen LogP contribution in [0.4, 0.5) is 10.5 Å². The van der Waals surface area contributed by atoms with Crippen molar-refractivity contribution < 1.29 is 9.59 Å². The van der Waals surface area contributed by atoms with Crippen molar-refractivity contribution in [1.82, 2.24) is 5.32 Å². The Hall–Kier alpha value is -1.26. The van der Waals surface area contributed by atoms with E-state index in [4.69, 9.17) is 23.2 Å². The highest BCUT2D eigenvalue weighted by molar-refractivity contribution is 6.31. The molecule has 0 radical (unpaired) electrons. The molecule has 4 nitrogen and oxygen atoms in total. The Kier molecular flexibility index (Phi) is 5.25. The van der Waals surface area contributed by atoms with Gasteiger partial charge >= 0.3 is 6.03 Å². The van der Waals surface area contributed by atoms with Gasteiger partial charge in [-0.05, 0) is 24.6 Å². The Morgan fingerprint density at radius 1 is 1.35 bits per heavy atom. The number of imide groups is 1. The van der Waals surface area contributed by atoms with Crippen LogP contribution in [-0.2, 0) is 4.79 Å². The van der Waals surface area contributed by atoms with E-state index in [9.17, 15) is 9.59 Å². The summed E-state index contributed by atoms with van der Waals surface area (Å²) in [6.07, 6.45) is 0.101. The van der Waals surface area contributed by atoms with Crippen molar-refractivity contribution in [2.24, 2.45) is 0 Å². The van der Waals surface area contributed by atoms with Crippen molar-refractivity contribution in [2.75, 3.05) is 11.2 Å². The largest absolute Gasteiger partial charge is 0.325 e. The van der Waals surface area contributed by atoms with Gasteiger partial charge in [0, 0.05) is 23.0 Å². The Morgan fingerprint density at radius 2 is 2.06 bits per heavy atom. The second kappa shape index (κ2) is 6.47. The van der Waals surface area contributed by atoms with E-state index in [1.807, 2.05) is 6.92 Å². The highest BCUT2D eigenvalue weighted by Gasteiger charge is 2.07. The molecule has 6 heteroatoms. The van der Waals surface area contributed by atoms with Crippen molar-refractivity contribution in [3.05, 3.63) is 28.8 Å². The molecule has 92 valence electrons. The Labute approximate surface area is 109 Å². The predicted molar refractivity (Wildman–Crippen MR) is 68.7 cm³/mol. The number of alkyl halides is 1. The zero-order chi connectivity index (χ0) is 12.8. The lowest BCUT2D eigenvalue weighted by Crippen LogP contribution is -2.34. The first kappa shape index (κ1) is 13.8. The van der Waals surface area contributed by atoms with Crippen LogP contribution in [0.15, 0.2) is 18.2 Å². The summed E-state index contributed by atoms with van der Waals surface area (Å²) in [4.78, 5) is 22.4. The molecular weight excluding hydrogens is 263 g/mol. The zero-order valence-electron chi connectivity index (χ0n) is 9.22. The molecule has 0 heterocycles. The molecule has 0 fully saturated rings. The van der Waals surface area contributed by atoms with Crippen LogP contribution in [-0.4, -0.2) is 17.8 Å². The lowest BCUT2D eigenvalue weighted by molar-refractivity contribution is -0.119. The molecule has 0 aromatic heterocycles. The molecule has 3 amide bonds. The van der Waals surface area contributed by atoms with Crippen LogP contribution in [0.5, 0.6) is 0 Å². The van der Waals surface area contributed by atoms with Crippen LogP contribution in [0, 0.1) is 6.92 Å². The molecule has 0 spiro atoms. The molecule has 0 bridgehead atoms. The van der Waals surface area contributed by atoms with Crippen LogP contribution in [0.3, 0.4) is 0 Å². The second-order valence-electron chi connectivity index (χ2n) is 3.41. The number of benzene rings is 1. The quantitative estimate of drug-likeness (QED) is 0.833. The van der Waals surface area contributed by atoms with Gasteiger partial charge in [0.25, 0.3) is 0 Å². The van der Waals surface area contributed by atoms with E-state index in [0.29, 0.717) is 10.7 Å². The standard InChI is InChI=1S/C11H12Cl2N2O2/c1-7-2-3-8(6-9(7)13)14-11(17)15-10(16)4-5-12/h2-3,6H,4-5H2,1H3,(H2,14,15,16,17). The van der Waals surface area contributed by atoms with Crippen molar-refractivity contribution >= 4 is 40.8 Å². The lowest BCUT2D eigenvalue weighted by atomic mass is 10.2. The topological polar surface area (TPSA) is 58.2 Å². The number of aryl methyl sites for hydroxylation is 1. The van der Waals surface area contributed by atoms with E-state index in [-0.39, 0.29) is 12.3 Å². The second-order valence-corrected chi connectivity index (χ2v) is 4.19. The molecule has 1 aromatic rings. The molecule has 2 N–H and O–H groups in total. The third-order valence-corrected chi connectivity index (χ3v) is 2.60. The summed E-state index contributed by atoms with van der Waals surface area (Å²) in [6, 6.07) is 4.49. The third kappa shape index (κ3) is 4.63. The summed E-state index contributed by atoms with van der Waals surface area (Å²) in [5, 5.41) is 5.20. The first-order valence-electron chi connectivity index (χ1n) is 4.96. The molecule has 17 heavy (non-hydrogen) atoms. The minimum Gasteiger partial charge on any atom is -0.308 e. The number of carbonyl (C=O) groups is 2. The summed E-state index contributed by atoms with van der Waals surface area (Å²) < 4.78 is 0. The fraction of sp³-hybridized carbons (Fsp3) is 0.273. The van der Waals surface area contributed by atoms with Gasteiger partial charge in [0.05, 0.1) is 0 Å². The minimum absolute atomic E-state index is 0.101. The van der Waals surface area contributed by atoms with E-state index < -0.39 is 11.9 Å². The Morgan fingerprint density at radius 3 is 2.65 bits per heavy atom. The number of amides is 3. The molecule has 0 aliphatic carbocycles. The van der Waals surface area contributed by atoms with Gasteiger partial charge in [-0.2, -0.15) is 0 Å². The first-order valence-corrected chi connectivity index (χ1v) is 5.87. The maximum Gasteiger partial charge on any atom is 0.325 e. The number of carbonyl (C=O) groups excluding carboxylic acids is 2. The number of nitrogens with one attached hydrogen (secondary N) is 2. The number of hydrogen-bond donors (Lipinski definition) is 2. The number of urea groups is 1. The van der Waals surface area contributed by atoms with Crippen LogP contribution in [0.25, 0.3) is 0 Å². The molecule has 1 rings (SSSR count). The van der Waals surface area contributed by atoms with E-state index in [1.165, 1.54) is 0 Å². The van der Waals surface area contributed by atoms with E-state index >= 15 is 0 Å². The summed E-state index contributed by atoms with van der Waals surface area (Å²) in [7, 11) is 0. The third-order valence-electron chi connectivity index (χ3n) is 2.00. The van der Waals surface area contributed by atoms with Crippen LogP contribution in [0.2, 0.25) is 5.02 Å². The first-order chi connectivity index (χ1) is 8.02. The van der Waals surface area contributed by atoms with Gasteiger partial charge < -0.3 is 5.32 Å². The zero-order valence-corrected chi connectivity index (χ0v) is 10.7. The summed E-state index contributed by atoms with van der Waals surface area (Å²) in [5.41, 5.74) is 1.44. The number of hydrogen-bond acceptors (Lipinski definition) is 2. The minimum atomic E-state index is -0.597. The fourth-order valence-corrected chi connectivity index (χ4v) is 1.46. The monoisotopic (exact) mass is 274 g/mol. The van der Waals surface area contributed by atoms with Crippen molar-refractivity contribution in [3.63, 3.8) is 0 Å². The SMILES string of the molecule is Cc1ccc(NC(=O)NC(=O)CCCl)cc1Cl. The summed E-state index contributed by atoms with van der Waals surface area (Å²) >= 11 is 11.3. The summed E-state index contributed by atoms with van der Waals surface area (Å²) in [6.45, 7) is 1.86. The highest BCUT2D eigenvalue weighted by atomic mass is 35.5. The summed E-state index contributed by atoms with van der Waals surface area (Å²) in [5.74, 6) is -0.245. The van der Waals surface area contributed by atoms with Crippen LogP contribution >= 0.6 is 23.2 Å². The molecule has 0 aliphatic heterocycles. The maximum absolute atomic E-state index is 11.4. The fourth-order valence-electron chi connectivity index (χ4n) is 1.11. The lowest BCUT2D eigenvalue weighted by Gasteiger charge is -2.07. The molecule has 1 aromatic carbocycles. The Bertz CT molecular complexity index is 435. The predicted octanol–water partition coefficient (Wildman–Crippen LogP) is 2.93. The average molecular weight is 275 g/mol. The van der Waals surface area contributed by atoms with Crippen molar-refractivity contribution in [1.29, 1.82) is 0 Å². The Balaban J connectivity index is 2.56. The normalized spacial score (nSPS) is 9.82. The van der Waals surface area contributed by atoms with Crippen LogP contribution in [0.1, 0.15) is 12.0 Å². The van der Waals surface area contributed by atoms with Crippen LogP contribution < -0.4 is 10.6 Å². The van der Waals surface area contributed by atoms with Crippen molar-refractivity contribution in [2.45, 2.75) is 13.3 Å². The van der Waals surface area contributed by atoms with Gasteiger partial charge in [-0.3, -0.25) is 10.1 Å². The average Bonchev–Trinajstić information content (AvgIpc) is 2.23. The molecule has 0 saturated carbocycles. The van der Waals surface area contributed by atoms with Gasteiger partial charge in [-0.25, -0.2) is 4.79 Å². The van der Waals surface area contributed by atoms with Gasteiger partial charge in [-0.1, -0.05) is 17.7 Å². The van der Waals surface area contributed by atoms with Gasteiger partial charge in [0.1, 0.15) is 0 Å². The van der Waals surface area contributed by atoms with Gasteiger partial charge in [0.15, 0.2) is 0 Å². The molecular formula is C11H12Cl2N2O2. The molecule has 0 aliphatic rings. The molecule has 0 unspecified atom stereocenters. The number of anilines is 1. The smallest absolute Gasteiger partial charge is 0.308 e. The maximum atomic E-state index is 11.4. The molecule has 0 atom stereocenters. The van der Waals surface area contributed by atoms with Gasteiger partial charge in [0.2, 0.25) is 5.91 Å². The molecule has 0 saturated heterocycles. The number of rotatable bonds is 3. The van der Waals surface area contributed by atoms with E-state index in [1.54, 1.807) is 18.2 Å². The van der Waals surface area contributed by atoms with Crippen molar-refractivity contribution in [3.8, 4) is 0 Å². The van der Waals surface area contributed by atoms with E-state index in [2.05, 4.69) is 10.6 Å². The van der Waals surface area contributed by atoms with E-state index in [0.717, 1.165) is 5.56 Å². The number of halogens is 2. The highest BCUT2D eigenvalue weighted by Crippen LogP contribution is 2.19.